The number of rotatable bonds is 8. The average Bonchev–Trinajstić information content (AvgIpc) is 2.67. The first-order valence-electron chi connectivity index (χ1n) is 9.80. The van der Waals surface area contributed by atoms with Gasteiger partial charge in [0.2, 0.25) is 0 Å². The zero-order valence-electron chi connectivity index (χ0n) is 17.4. The van der Waals surface area contributed by atoms with Crippen LogP contribution in [-0.2, 0) is 11.2 Å². The molecule has 1 aromatic carbocycles. The number of guanidine groups is 1. The molecule has 1 heterocycles. The molecule has 1 aromatic rings. The van der Waals surface area contributed by atoms with Crippen molar-refractivity contribution in [3.05, 3.63) is 35.9 Å². The molecule has 1 aliphatic rings. The molecule has 1 N–H and O–H groups in total. The molecule has 0 saturated carbocycles. The fourth-order valence-electron chi connectivity index (χ4n) is 3.43. The summed E-state index contributed by atoms with van der Waals surface area (Å²) in [4.78, 5) is 9.02. The lowest BCUT2D eigenvalue weighted by Gasteiger charge is -2.29. The maximum atomic E-state index is 5.46. The van der Waals surface area contributed by atoms with Gasteiger partial charge in [0, 0.05) is 46.4 Å². The normalized spacial score (nSPS) is 16.7. The summed E-state index contributed by atoms with van der Waals surface area (Å²) in [6, 6.07) is 11.1. The van der Waals surface area contributed by atoms with Crippen LogP contribution in [0.3, 0.4) is 0 Å². The van der Waals surface area contributed by atoms with Crippen molar-refractivity contribution in [3.63, 3.8) is 0 Å². The van der Waals surface area contributed by atoms with Gasteiger partial charge in [0.25, 0.3) is 0 Å². The Morgan fingerprint density at radius 2 is 1.85 bits per heavy atom. The molecule has 1 unspecified atom stereocenters. The monoisotopic (exact) mass is 488 g/mol. The summed E-state index contributed by atoms with van der Waals surface area (Å²) in [5.41, 5.74) is 1.37. The van der Waals surface area contributed by atoms with Gasteiger partial charge in [0.05, 0.1) is 0 Å². The molecule has 0 spiro atoms. The molecule has 0 aliphatic carbocycles. The fourth-order valence-corrected chi connectivity index (χ4v) is 3.43. The Morgan fingerprint density at radius 3 is 2.44 bits per heavy atom. The van der Waals surface area contributed by atoms with Crippen molar-refractivity contribution in [1.29, 1.82) is 0 Å². The van der Waals surface area contributed by atoms with Crippen molar-refractivity contribution >= 4 is 29.9 Å². The molecule has 2 rings (SSSR count). The molecule has 0 radical (unpaired) electrons. The lowest BCUT2D eigenvalue weighted by atomic mass is 9.96. The average molecular weight is 488 g/mol. The molecule has 0 aromatic heterocycles. The van der Waals surface area contributed by atoms with Crippen molar-refractivity contribution in [3.8, 4) is 0 Å². The number of halogens is 1. The highest BCUT2D eigenvalue weighted by molar-refractivity contribution is 14.0. The van der Waals surface area contributed by atoms with E-state index in [-0.39, 0.29) is 24.0 Å². The Balaban J connectivity index is 0.00000364. The van der Waals surface area contributed by atoms with Gasteiger partial charge in [0.1, 0.15) is 0 Å². The van der Waals surface area contributed by atoms with E-state index in [2.05, 4.69) is 71.6 Å². The Bertz CT molecular complexity index is 532. The number of hydrogen-bond donors (Lipinski definition) is 1. The number of nitrogens with one attached hydrogen (secondary N) is 1. The second kappa shape index (κ2) is 13.3. The third kappa shape index (κ3) is 8.79. The molecule has 0 amide bonds. The molecule has 5 nitrogen and oxygen atoms in total. The van der Waals surface area contributed by atoms with Crippen LogP contribution in [0.2, 0.25) is 0 Å². The molecule has 1 saturated heterocycles. The molecule has 154 valence electrons. The minimum absolute atomic E-state index is 0. The van der Waals surface area contributed by atoms with Crippen LogP contribution in [0.4, 0.5) is 0 Å². The highest BCUT2D eigenvalue weighted by atomic mass is 127. The third-order valence-electron chi connectivity index (χ3n) is 5.33. The van der Waals surface area contributed by atoms with E-state index in [0.29, 0.717) is 6.04 Å². The Kier molecular flexibility index (Phi) is 11.9. The second-order valence-electron chi connectivity index (χ2n) is 7.50. The predicted molar refractivity (Wildman–Crippen MR) is 125 cm³/mol. The van der Waals surface area contributed by atoms with Gasteiger partial charge in [-0.15, -0.1) is 24.0 Å². The van der Waals surface area contributed by atoms with E-state index in [1.165, 1.54) is 24.8 Å². The van der Waals surface area contributed by atoms with Crippen LogP contribution >= 0.6 is 24.0 Å². The lowest BCUT2D eigenvalue weighted by molar-refractivity contribution is 0.0625. The Morgan fingerprint density at radius 1 is 1.19 bits per heavy atom. The first-order chi connectivity index (χ1) is 12.6. The Labute approximate surface area is 182 Å². The topological polar surface area (TPSA) is 40.1 Å². The smallest absolute Gasteiger partial charge is 0.193 e. The van der Waals surface area contributed by atoms with Crippen LogP contribution in [0.15, 0.2) is 35.3 Å². The zero-order valence-corrected chi connectivity index (χ0v) is 19.7. The van der Waals surface area contributed by atoms with E-state index in [9.17, 15) is 0 Å². The fraction of sp³-hybridized carbons (Fsp3) is 0.667. The van der Waals surface area contributed by atoms with Gasteiger partial charge in [-0.05, 0) is 51.3 Å². The van der Waals surface area contributed by atoms with E-state index in [1.807, 2.05) is 7.05 Å². The van der Waals surface area contributed by atoms with Crippen molar-refractivity contribution in [1.82, 2.24) is 15.1 Å². The molecular weight excluding hydrogens is 451 g/mol. The quantitative estimate of drug-likeness (QED) is 0.347. The molecular formula is C21H37IN4O. The first kappa shape index (κ1) is 24.2. The summed E-state index contributed by atoms with van der Waals surface area (Å²) >= 11 is 0. The summed E-state index contributed by atoms with van der Waals surface area (Å²) in [6.45, 7) is 3.77. The summed E-state index contributed by atoms with van der Waals surface area (Å²) < 4.78 is 5.46. The number of ether oxygens (including phenoxy) is 1. The van der Waals surface area contributed by atoms with E-state index in [1.54, 1.807) is 0 Å². The maximum Gasteiger partial charge on any atom is 0.193 e. The van der Waals surface area contributed by atoms with Gasteiger partial charge in [-0.3, -0.25) is 4.99 Å². The van der Waals surface area contributed by atoms with Gasteiger partial charge >= 0.3 is 0 Å². The van der Waals surface area contributed by atoms with Gasteiger partial charge in [0.15, 0.2) is 5.96 Å². The SMILES string of the molecule is CN=C(NCC(Cc1ccccc1)N(C)C)N(C)CCC1CCOCC1.I. The summed E-state index contributed by atoms with van der Waals surface area (Å²) in [5.74, 6) is 1.77. The van der Waals surface area contributed by atoms with Gasteiger partial charge in [-0.25, -0.2) is 0 Å². The molecule has 1 fully saturated rings. The van der Waals surface area contributed by atoms with E-state index >= 15 is 0 Å². The lowest BCUT2D eigenvalue weighted by Crippen LogP contribution is -2.46. The number of nitrogens with zero attached hydrogens (tertiary/aromatic N) is 3. The third-order valence-corrected chi connectivity index (χ3v) is 5.33. The van der Waals surface area contributed by atoms with E-state index < -0.39 is 0 Å². The van der Waals surface area contributed by atoms with E-state index in [0.717, 1.165) is 44.6 Å². The Hall–Kier alpha value is -0.860. The number of likely N-dealkylation sites (N-methyl/N-ethyl adjacent to an activating group) is 1. The van der Waals surface area contributed by atoms with Crippen LogP contribution in [0.5, 0.6) is 0 Å². The van der Waals surface area contributed by atoms with Gasteiger partial charge in [-0.1, -0.05) is 30.3 Å². The first-order valence-corrected chi connectivity index (χ1v) is 9.80. The summed E-state index contributed by atoms with van der Waals surface area (Å²) in [6.07, 6.45) is 4.63. The zero-order chi connectivity index (χ0) is 18.8. The molecule has 1 atom stereocenters. The minimum Gasteiger partial charge on any atom is -0.381 e. The van der Waals surface area contributed by atoms with Crippen molar-refractivity contribution in [2.75, 3.05) is 54.5 Å². The second-order valence-corrected chi connectivity index (χ2v) is 7.50. The van der Waals surface area contributed by atoms with E-state index in [4.69, 9.17) is 4.74 Å². The molecule has 0 bridgehead atoms. The van der Waals surface area contributed by atoms with Crippen molar-refractivity contribution in [2.24, 2.45) is 10.9 Å². The number of aliphatic imine (C=N–C) groups is 1. The number of benzene rings is 1. The van der Waals surface area contributed by atoms with Crippen molar-refractivity contribution in [2.45, 2.75) is 31.7 Å². The minimum atomic E-state index is 0. The predicted octanol–water partition coefficient (Wildman–Crippen LogP) is 3.10. The highest BCUT2D eigenvalue weighted by Crippen LogP contribution is 2.18. The summed E-state index contributed by atoms with van der Waals surface area (Å²) in [7, 11) is 8.30. The van der Waals surface area contributed by atoms with Crippen LogP contribution in [0.25, 0.3) is 0 Å². The molecule has 1 aliphatic heterocycles. The van der Waals surface area contributed by atoms with Gasteiger partial charge < -0.3 is 19.9 Å². The van der Waals surface area contributed by atoms with Crippen LogP contribution in [-0.4, -0.2) is 76.3 Å². The van der Waals surface area contributed by atoms with Crippen molar-refractivity contribution < 1.29 is 4.74 Å². The maximum absolute atomic E-state index is 5.46. The highest BCUT2D eigenvalue weighted by Gasteiger charge is 2.17. The van der Waals surface area contributed by atoms with Gasteiger partial charge in [-0.2, -0.15) is 0 Å². The van der Waals surface area contributed by atoms with Crippen LogP contribution < -0.4 is 5.32 Å². The largest absolute Gasteiger partial charge is 0.381 e. The molecule has 27 heavy (non-hydrogen) atoms. The van der Waals surface area contributed by atoms with Crippen LogP contribution in [0, 0.1) is 5.92 Å². The molecule has 6 heteroatoms. The number of hydrogen-bond acceptors (Lipinski definition) is 3. The standard InChI is InChI=1S/C21H36N4O.HI/c1-22-21(25(4)13-10-18-11-14-26-15-12-18)23-17-20(24(2)3)16-19-8-6-5-7-9-19;/h5-9,18,20H,10-17H2,1-4H3,(H,22,23);1H. The summed E-state index contributed by atoms with van der Waals surface area (Å²) in [5, 5.41) is 3.57. The van der Waals surface area contributed by atoms with Crippen LogP contribution in [0.1, 0.15) is 24.8 Å².